The van der Waals surface area contributed by atoms with Gasteiger partial charge in [0.25, 0.3) is 0 Å². The normalized spacial score (nSPS) is 20.3. The second kappa shape index (κ2) is 5.00. The molecule has 2 aliphatic rings. The highest BCUT2D eigenvalue weighted by Crippen LogP contribution is 2.34. The summed E-state index contributed by atoms with van der Waals surface area (Å²) in [5, 5.41) is 0. The van der Waals surface area contributed by atoms with Crippen LogP contribution in [0.4, 0.5) is 4.79 Å². The van der Waals surface area contributed by atoms with E-state index in [4.69, 9.17) is 9.47 Å². The third kappa shape index (κ3) is 2.67. The predicted octanol–water partition coefficient (Wildman–Crippen LogP) is 3.21. The number of carbonyl (C=O) groups excluding carboxylic acids is 2. The van der Waals surface area contributed by atoms with Crippen molar-refractivity contribution in [3.63, 3.8) is 0 Å². The van der Waals surface area contributed by atoms with Crippen LogP contribution in [0, 0.1) is 0 Å². The minimum absolute atomic E-state index is 0.184. The fourth-order valence-corrected chi connectivity index (χ4v) is 2.91. The molecule has 0 N–H and O–H groups in total. The Hall–Kier alpha value is -2.04. The average Bonchev–Trinajstić information content (AvgIpc) is 2.69. The first-order valence-electron chi connectivity index (χ1n) is 7.59. The number of nitrogens with zero attached hydrogens (tertiary/aromatic N) is 1. The highest BCUT2D eigenvalue weighted by atomic mass is 16.6. The Labute approximate surface area is 130 Å². The summed E-state index contributed by atoms with van der Waals surface area (Å²) in [4.78, 5) is 25.7. The number of amides is 1. The van der Waals surface area contributed by atoms with Crippen LogP contribution < -0.4 is 0 Å². The predicted molar refractivity (Wildman–Crippen MR) is 80.6 cm³/mol. The van der Waals surface area contributed by atoms with Crippen molar-refractivity contribution in [1.82, 2.24) is 4.90 Å². The number of hydrogen-bond donors (Lipinski definition) is 0. The van der Waals surface area contributed by atoms with Gasteiger partial charge in [0.1, 0.15) is 11.7 Å². The van der Waals surface area contributed by atoms with Gasteiger partial charge in [-0.05, 0) is 51.3 Å². The van der Waals surface area contributed by atoms with Gasteiger partial charge in [-0.25, -0.2) is 9.59 Å². The Morgan fingerprint density at radius 2 is 2.05 bits per heavy atom. The SMILES string of the molecule is CC1OC(=O)c2cc3c(cc21)CCN(C(=O)OC(C)(C)C)C3. The van der Waals surface area contributed by atoms with Gasteiger partial charge in [0.15, 0.2) is 0 Å². The highest BCUT2D eigenvalue weighted by Gasteiger charge is 2.32. The van der Waals surface area contributed by atoms with Gasteiger partial charge in [0.05, 0.1) is 5.56 Å². The Morgan fingerprint density at radius 1 is 1.32 bits per heavy atom. The molecule has 2 aliphatic heterocycles. The highest BCUT2D eigenvalue weighted by molar-refractivity contribution is 5.94. The fourth-order valence-electron chi connectivity index (χ4n) is 2.91. The molecule has 0 radical (unpaired) electrons. The number of cyclic esters (lactones) is 1. The third-order valence-corrected chi connectivity index (χ3v) is 3.98. The lowest BCUT2D eigenvalue weighted by Crippen LogP contribution is -2.40. The first kappa shape index (κ1) is 14.9. The van der Waals surface area contributed by atoms with Crippen molar-refractivity contribution in [3.8, 4) is 0 Å². The maximum absolute atomic E-state index is 12.2. The summed E-state index contributed by atoms with van der Waals surface area (Å²) >= 11 is 0. The van der Waals surface area contributed by atoms with E-state index in [1.807, 2.05) is 39.8 Å². The molecule has 3 rings (SSSR count). The smallest absolute Gasteiger partial charge is 0.410 e. The van der Waals surface area contributed by atoms with E-state index in [0.717, 1.165) is 17.5 Å². The lowest BCUT2D eigenvalue weighted by Gasteiger charge is -2.31. The molecular formula is C17H21NO4. The van der Waals surface area contributed by atoms with Crippen molar-refractivity contribution in [2.75, 3.05) is 6.54 Å². The Balaban J connectivity index is 1.83. The topological polar surface area (TPSA) is 55.8 Å². The van der Waals surface area contributed by atoms with Crippen molar-refractivity contribution in [1.29, 1.82) is 0 Å². The van der Waals surface area contributed by atoms with Crippen molar-refractivity contribution in [2.24, 2.45) is 0 Å². The number of carbonyl (C=O) groups is 2. The van der Waals surface area contributed by atoms with Gasteiger partial charge in [-0.2, -0.15) is 0 Å². The number of hydrogen-bond acceptors (Lipinski definition) is 4. The van der Waals surface area contributed by atoms with E-state index in [-0.39, 0.29) is 18.2 Å². The van der Waals surface area contributed by atoms with E-state index < -0.39 is 5.60 Å². The van der Waals surface area contributed by atoms with Crippen LogP contribution in [0.5, 0.6) is 0 Å². The zero-order valence-corrected chi connectivity index (χ0v) is 13.4. The number of esters is 1. The average molecular weight is 303 g/mol. The van der Waals surface area contributed by atoms with Crippen molar-refractivity contribution in [3.05, 3.63) is 34.4 Å². The van der Waals surface area contributed by atoms with Gasteiger partial charge in [-0.1, -0.05) is 6.07 Å². The van der Waals surface area contributed by atoms with Crippen LogP contribution in [-0.2, 0) is 22.4 Å². The number of ether oxygens (including phenoxy) is 2. The molecule has 118 valence electrons. The molecule has 0 fully saturated rings. The molecule has 1 amide bonds. The molecule has 0 spiro atoms. The van der Waals surface area contributed by atoms with Crippen LogP contribution in [-0.4, -0.2) is 29.1 Å². The summed E-state index contributed by atoms with van der Waals surface area (Å²) in [6.07, 6.45) is 0.272. The first-order chi connectivity index (χ1) is 10.2. The lowest BCUT2D eigenvalue weighted by atomic mass is 9.93. The molecule has 0 aromatic heterocycles. The number of benzene rings is 1. The van der Waals surface area contributed by atoms with Gasteiger partial charge in [-0.15, -0.1) is 0 Å². The molecule has 2 heterocycles. The Morgan fingerprint density at radius 3 is 2.73 bits per heavy atom. The molecular weight excluding hydrogens is 282 g/mol. The molecule has 1 aromatic rings. The van der Waals surface area contributed by atoms with Crippen LogP contribution in [0.1, 0.15) is 60.8 Å². The second-order valence-electron chi connectivity index (χ2n) is 6.91. The molecule has 0 saturated carbocycles. The zero-order valence-electron chi connectivity index (χ0n) is 13.4. The summed E-state index contributed by atoms with van der Waals surface area (Å²) in [5.74, 6) is -0.278. The number of fused-ring (bicyclic) bond motifs is 2. The van der Waals surface area contributed by atoms with E-state index >= 15 is 0 Å². The summed E-state index contributed by atoms with van der Waals surface area (Å²) in [5.41, 5.74) is 3.26. The van der Waals surface area contributed by atoms with Crippen LogP contribution in [0.2, 0.25) is 0 Å². The van der Waals surface area contributed by atoms with Gasteiger partial charge in [0.2, 0.25) is 0 Å². The maximum Gasteiger partial charge on any atom is 0.410 e. The largest absolute Gasteiger partial charge is 0.454 e. The molecule has 0 aliphatic carbocycles. The quantitative estimate of drug-likeness (QED) is 0.691. The maximum atomic E-state index is 12.2. The number of rotatable bonds is 0. The van der Waals surface area contributed by atoms with Crippen LogP contribution >= 0.6 is 0 Å². The zero-order chi connectivity index (χ0) is 16.1. The standard InChI is InChI=1S/C17H21NO4/c1-10-13-7-11-5-6-18(16(20)22-17(2,3)4)9-12(11)8-14(13)15(19)21-10/h7-8,10H,5-6,9H2,1-4H3. The lowest BCUT2D eigenvalue weighted by molar-refractivity contribution is 0.0223. The van der Waals surface area contributed by atoms with E-state index in [9.17, 15) is 9.59 Å². The summed E-state index contributed by atoms with van der Waals surface area (Å²) < 4.78 is 10.7. The second-order valence-corrected chi connectivity index (χ2v) is 6.91. The minimum Gasteiger partial charge on any atom is -0.454 e. The molecule has 5 heteroatoms. The van der Waals surface area contributed by atoms with Crippen LogP contribution in [0.25, 0.3) is 0 Å². The van der Waals surface area contributed by atoms with Crippen LogP contribution in [0.15, 0.2) is 12.1 Å². The molecule has 0 bridgehead atoms. The van der Waals surface area contributed by atoms with E-state index in [0.29, 0.717) is 18.7 Å². The van der Waals surface area contributed by atoms with Crippen LogP contribution in [0.3, 0.4) is 0 Å². The molecule has 1 unspecified atom stereocenters. The van der Waals surface area contributed by atoms with Crippen molar-refractivity contribution in [2.45, 2.75) is 52.4 Å². The first-order valence-corrected chi connectivity index (χ1v) is 7.59. The minimum atomic E-state index is -0.505. The molecule has 5 nitrogen and oxygen atoms in total. The van der Waals surface area contributed by atoms with Gasteiger partial charge in [0, 0.05) is 18.7 Å². The summed E-state index contributed by atoms with van der Waals surface area (Å²) in [6.45, 7) is 8.54. The van der Waals surface area contributed by atoms with Gasteiger partial charge < -0.3 is 14.4 Å². The van der Waals surface area contributed by atoms with E-state index in [2.05, 4.69) is 0 Å². The monoisotopic (exact) mass is 303 g/mol. The van der Waals surface area contributed by atoms with Crippen molar-refractivity contribution < 1.29 is 19.1 Å². The molecule has 1 atom stereocenters. The van der Waals surface area contributed by atoms with Gasteiger partial charge >= 0.3 is 12.1 Å². The Bertz CT molecular complexity index is 645. The third-order valence-electron chi connectivity index (χ3n) is 3.98. The van der Waals surface area contributed by atoms with E-state index in [1.165, 1.54) is 5.56 Å². The summed E-state index contributed by atoms with van der Waals surface area (Å²) in [6, 6.07) is 3.92. The van der Waals surface area contributed by atoms with Crippen molar-refractivity contribution >= 4 is 12.1 Å². The van der Waals surface area contributed by atoms with E-state index in [1.54, 1.807) is 4.90 Å². The Kier molecular flexibility index (Phi) is 3.38. The van der Waals surface area contributed by atoms with Gasteiger partial charge in [-0.3, -0.25) is 0 Å². The fraction of sp³-hybridized carbons (Fsp3) is 0.529. The molecule has 1 aromatic carbocycles. The molecule has 0 saturated heterocycles. The molecule has 22 heavy (non-hydrogen) atoms. The summed E-state index contributed by atoms with van der Waals surface area (Å²) in [7, 11) is 0.